The number of alkyl halides is 3. The maximum atomic E-state index is 12.5. The molecular weight excluding hydrogens is 249 g/mol. The molecule has 1 aromatic rings. The SMILES string of the molecule is O=Cc1cc(C=CCC(=O)O)cc(C(F)(F)F)c1. The number of aldehydes is 1. The monoisotopic (exact) mass is 258 g/mol. The first kappa shape index (κ1) is 14.0. The van der Waals surface area contributed by atoms with Gasteiger partial charge in [0, 0.05) is 5.56 Å². The van der Waals surface area contributed by atoms with E-state index in [0.29, 0.717) is 6.29 Å². The molecule has 0 fully saturated rings. The largest absolute Gasteiger partial charge is 0.481 e. The van der Waals surface area contributed by atoms with Crippen molar-refractivity contribution in [2.45, 2.75) is 12.6 Å². The summed E-state index contributed by atoms with van der Waals surface area (Å²) < 4.78 is 37.5. The van der Waals surface area contributed by atoms with Crippen LogP contribution in [0.2, 0.25) is 0 Å². The average molecular weight is 258 g/mol. The Balaban J connectivity index is 3.08. The predicted octanol–water partition coefficient (Wildman–Crippen LogP) is 3.01. The van der Waals surface area contributed by atoms with Crippen molar-refractivity contribution in [1.82, 2.24) is 0 Å². The molecule has 1 rings (SSSR count). The first-order valence-electron chi connectivity index (χ1n) is 4.88. The number of hydrogen-bond donors (Lipinski definition) is 1. The van der Waals surface area contributed by atoms with Crippen LogP contribution in [0, 0.1) is 0 Å². The van der Waals surface area contributed by atoms with Crippen LogP contribution in [0.4, 0.5) is 13.2 Å². The second kappa shape index (κ2) is 5.48. The fourth-order valence-electron chi connectivity index (χ4n) is 1.30. The molecule has 0 saturated heterocycles. The predicted molar refractivity (Wildman–Crippen MR) is 58.1 cm³/mol. The summed E-state index contributed by atoms with van der Waals surface area (Å²) in [5, 5.41) is 8.39. The van der Waals surface area contributed by atoms with Crippen LogP contribution in [-0.4, -0.2) is 17.4 Å². The standard InChI is InChI=1S/C12H9F3O3/c13-12(14,15)10-5-8(2-1-3-11(17)18)4-9(6-10)7-16/h1-2,4-7H,3H2,(H,17,18). The van der Waals surface area contributed by atoms with Gasteiger partial charge in [-0.2, -0.15) is 13.2 Å². The molecule has 1 aromatic carbocycles. The molecule has 0 unspecified atom stereocenters. The molecule has 0 atom stereocenters. The van der Waals surface area contributed by atoms with Gasteiger partial charge in [-0.1, -0.05) is 12.2 Å². The van der Waals surface area contributed by atoms with Gasteiger partial charge >= 0.3 is 12.1 Å². The second-order valence-corrected chi connectivity index (χ2v) is 3.50. The van der Waals surface area contributed by atoms with Crippen LogP contribution >= 0.6 is 0 Å². The summed E-state index contributed by atoms with van der Waals surface area (Å²) in [6.07, 6.45) is -2.09. The topological polar surface area (TPSA) is 54.4 Å². The minimum absolute atomic E-state index is 0.111. The van der Waals surface area contributed by atoms with Crippen molar-refractivity contribution in [2.24, 2.45) is 0 Å². The van der Waals surface area contributed by atoms with Gasteiger partial charge in [-0.25, -0.2) is 0 Å². The van der Waals surface area contributed by atoms with Gasteiger partial charge in [0.05, 0.1) is 12.0 Å². The lowest BCUT2D eigenvalue weighted by Crippen LogP contribution is -2.06. The van der Waals surface area contributed by atoms with Crippen LogP contribution in [0.25, 0.3) is 6.08 Å². The van der Waals surface area contributed by atoms with Gasteiger partial charge < -0.3 is 5.11 Å². The Bertz CT molecular complexity index is 490. The Labute approximate surface area is 101 Å². The summed E-state index contributed by atoms with van der Waals surface area (Å²) in [7, 11) is 0. The molecule has 0 saturated carbocycles. The van der Waals surface area contributed by atoms with Crippen LogP contribution in [0.1, 0.15) is 27.9 Å². The molecule has 0 aliphatic carbocycles. The number of halogens is 3. The van der Waals surface area contributed by atoms with Gasteiger partial charge in [0.1, 0.15) is 6.29 Å². The fourth-order valence-corrected chi connectivity index (χ4v) is 1.30. The van der Waals surface area contributed by atoms with Gasteiger partial charge in [-0.3, -0.25) is 9.59 Å². The second-order valence-electron chi connectivity index (χ2n) is 3.50. The molecule has 0 heterocycles. The quantitative estimate of drug-likeness (QED) is 0.844. The molecule has 1 N–H and O–H groups in total. The van der Waals surface area contributed by atoms with Gasteiger partial charge in [0.25, 0.3) is 0 Å². The van der Waals surface area contributed by atoms with Gasteiger partial charge in [-0.05, 0) is 23.8 Å². The number of carboxylic acids is 1. The molecule has 0 aliphatic rings. The highest BCUT2D eigenvalue weighted by atomic mass is 19.4. The van der Waals surface area contributed by atoms with Crippen molar-refractivity contribution < 1.29 is 27.9 Å². The van der Waals surface area contributed by atoms with E-state index in [-0.39, 0.29) is 17.5 Å². The highest BCUT2D eigenvalue weighted by Gasteiger charge is 2.30. The number of rotatable bonds is 4. The molecule has 0 radical (unpaired) electrons. The fraction of sp³-hybridized carbons (Fsp3) is 0.167. The third-order valence-electron chi connectivity index (χ3n) is 2.04. The molecule has 0 spiro atoms. The highest BCUT2D eigenvalue weighted by molar-refractivity contribution is 5.77. The number of hydrogen-bond acceptors (Lipinski definition) is 2. The Morgan fingerprint density at radius 1 is 1.22 bits per heavy atom. The molecular formula is C12H9F3O3. The van der Waals surface area contributed by atoms with Crippen LogP contribution in [-0.2, 0) is 11.0 Å². The molecule has 3 nitrogen and oxygen atoms in total. The van der Waals surface area contributed by atoms with E-state index in [4.69, 9.17) is 5.11 Å². The summed E-state index contributed by atoms with van der Waals surface area (Å²) in [6.45, 7) is 0. The Kier molecular flexibility index (Phi) is 4.25. The normalized spacial score (nSPS) is 11.7. The van der Waals surface area contributed by atoms with E-state index >= 15 is 0 Å². The Hall–Kier alpha value is -2.11. The van der Waals surface area contributed by atoms with Crippen LogP contribution < -0.4 is 0 Å². The van der Waals surface area contributed by atoms with Crippen molar-refractivity contribution >= 4 is 18.3 Å². The summed E-state index contributed by atoms with van der Waals surface area (Å²) in [5.74, 6) is -1.09. The molecule has 18 heavy (non-hydrogen) atoms. The molecule has 0 aromatic heterocycles. The van der Waals surface area contributed by atoms with Crippen LogP contribution in [0.3, 0.4) is 0 Å². The van der Waals surface area contributed by atoms with Crippen molar-refractivity contribution in [3.63, 3.8) is 0 Å². The third-order valence-corrected chi connectivity index (χ3v) is 2.04. The van der Waals surface area contributed by atoms with E-state index in [1.165, 1.54) is 18.2 Å². The molecule has 6 heteroatoms. The zero-order valence-electron chi connectivity index (χ0n) is 9.07. The minimum atomic E-state index is -4.55. The summed E-state index contributed by atoms with van der Waals surface area (Å²) in [4.78, 5) is 20.8. The lowest BCUT2D eigenvalue weighted by Gasteiger charge is -2.08. The van der Waals surface area contributed by atoms with E-state index < -0.39 is 17.7 Å². The third kappa shape index (κ3) is 4.04. The van der Waals surface area contributed by atoms with Crippen molar-refractivity contribution in [3.05, 3.63) is 41.0 Å². The summed E-state index contributed by atoms with van der Waals surface area (Å²) in [6, 6.07) is 2.84. The molecule has 0 aliphatic heterocycles. The number of carbonyl (C=O) groups is 2. The van der Waals surface area contributed by atoms with E-state index in [2.05, 4.69) is 0 Å². The van der Waals surface area contributed by atoms with E-state index in [1.807, 2.05) is 0 Å². The Morgan fingerprint density at radius 2 is 1.83 bits per heavy atom. The Morgan fingerprint density at radius 3 is 2.33 bits per heavy atom. The van der Waals surface area contributed by atoms with Crippen molar-refractivity contribution in [3.8, 4) is 0 Å². The average Bonchev–Trinajstić information content (AvgIpc) is 2.27. The zero-order valence-corrected chi connectivity index (χ0v) is 9.07. The van der Waals surface area contributed by atoms with Gasteiger partial charge in [0.15, 0.2) is 0 Å². The van der Waals surface area contributed by atoms with Crippen LogP contribution in [0.15, 0.2) is 24.3 Å². The lowest BCUT2D eigenvalue weighted by molar-refractivity contribution is -0.138. The van der Waals surface area contributed by atoms with Gasteiger partial charge in [-0.15, -0.1) is 0 Å². The maximum absolute atomic E-state index is 12.5. The maximum Gasteiger partial charge on any atom is 0.416 e. The summed E-state index contributed by atoms with van der Waals surface area (Å²) >= 11 is 0. The minimum Gasteiger partial charge on any atom is -0.481 e. The summed E-state index contributed by atoms with van der Waals surface area (Å²) in [5.41, 5.74) is -0.921. The molecule has 0 bridgehead atoms. The number of benzene rings is 1. The number of carbonyl (C=O) groups excluding carboxylic acids is 1. The first-order chi connectivity index (χ1) is 8.32. The number of carboxylic acid groups (broad SMARTS) is 1. The van der Waals surface area contributed by atoms with E-state index in [0.717, 1.165) is 12.1 Å². The smallest absolute Gasteiger partial charge is 0.416 e. The van der Waals surface area contributed by atoms with Crippen molar-refractivity contribution in [2.75, 3.05) is 0 Å². The highest BCUT2D eigenvalue weighted by Crippen LogP contribution is 2.30. The molecule has 96 valence electrons. The molecule has 0 amide bonds. The number of aliphatic carboxylic acids is 1. The lowest BCUT2D eigenvalue weighted by atomic mass is 10.1. The van der Waals surface area contributed by atoms with Crippen molar-refractivity contribution in [1.29, 1.82) is 0 Å². The first-order valence-corrected chi connectivity index (χ1v) is 4.88. The van der Waals surface area contributed by atoms with E-state index in [1.54, 1.807) is 0 Å². The van der Waals surface area contributed by atoms with Crippen LogP contribution in [0.5, 0.6) is 0 Å². The zero-order chi connectivity index (χ0) is 13.8. The van der Waals surface area contributed by atoms with Gasteiger partial charge in [0.2, 0.25) is 0 Å². The van der Waals surface area contributed by atoms with E-state index in [9.17, 15) is 22.8 Å².